The molecule has 0 amide bonds. The maximum Gasteiger partial charge on any atom is -0.0163 e. The number of allylic oxidation sites excluding steroid dienone is 16. The topological polar surface area (TPSA) is 0 Å². The van der Waals surface area contributed by atoms with Crippen molar-refractivity contribution in [2.75, 3.05) is 0 Å². The lowest BCUT2D eigenvalue weighted by Crippen LogP contribution is -1.71. The van der Waals surface area contributed by atoms with Gasteiger partial charge >= 0.3 is 0 Å². The predicted octanol–water partition coefficient (Wildman–Crippen LogP) is 6.79. The van der Waals surface area contributed by atoms with Gasteiger partial charge in [-0.25, -0.2) is 0 Å². The number of hydrogen-bond acceptors (Lipinski definition) is 0. The Morgan fingerprint density at radius 1 is 0.591 bits per heavy atom. The number of hydrogen-bond donors (Lipinski definition) is 0. The second-order valence-corrected chi connectivity index (χ2v) is 5.42. The van der Waals surface area contributed by atoms with Crippen molar-refractivity contribution in [1.29, 1.82) is 0 Å². The third-order valence-corrected chi connectivity index (χ3v) is 3.22. The Labute approximate surface area is 136 Å². The van der Waals surface area contributed by atoms with Crippen LogP contribution < -0.4 is 0 Å². The molecule has 0 saturated heterocycles. The molecule has 0 bridgehead atoms. The Bertz CT molecular complexity index is 480. The monoisotopic (exact) mass is 292 g/mol. The quantitative estimate of drug-likeness (QED) is 0.461. The molecule has 0 heterocycles. The van der Waals surface area contributed by atoms with Crippen molar-refractivity contribution in [3.05, 3.63) is 96.2 Å². The van der Waals surface area contributed by atoms with Crippen LogP contribution in [0.3, 0.4) is 0 Å². The molecule has 116 valence electrons. The lowest BCUT2D eigenvalue weighted by atomic mass is 10.2. The fraction of sp³-hybridized carbons (Fsp3) is 0.273. The van der Waals surface area contributed by atoms with E-state index >= 15 is 0 Å². The maximum absolute atomic E-state index is 2.24. The minimum atomic E-state index is 0.958. The molecule has 0 aliphatic heterocycles. The molecule has 0 atom stereocenters. The van der Waals surface area contributed by atoms with E-state index in [1.165, 1.54) is 17.6 Å². The Morgan fingerprint density at radius 3 is 1.59 bits per heavy atom. The highest BCUT2D eigenvalue weighted by atomic mass is 13.9. The van der Waals surface area contributed by atoms with Crippen LogP contribution in [0.4, 0.5) is 0 Å². The summed E-state index contributed by atoms with van der Waals surface area (Å²) in [5.41, 5.74) is 2.54. The minimum Gasteiger partial charge on any atom is -0.0845 e. The first kappa shape index (κ1) is 18.0. The van der Waals surface area contributed by atoms with Crippen LogP contribution in [0.25, 0.3) is 0 Å². The molecule has 0 nitrogen and oxygen atoms in total. The van der Waals surface area contributed by atoms with Crippen LogP contribution in [-0.4, -0.2) is 0 Å². The van der Waals surface area contributed by atoms with Crippen LogP contribution >= 0.6 is 0 Å². The Morgan fingerprint density at radius 2 is 1.09 bits per heavy atom. The zero-order valence-electron chi connectivity index (χ0n) is 13.9. The smallest absolute Gasteiger partial charge is 0.0163 e. The summed E-state index contributed by atoms with van der Waals surface area (Å²) in [6.45, 7) is 4.26. The van der Waals surface area contributed by atoms with E-state index in [2.05, 4.69) is 98.9 Å². The molecular weight excluding hydrogens is 264 g/mol. The highest BCUT2D eigenvalue weighted by molar-refractivity contribution is 5.26. The molecule has 0 saturated carbocycles. The summed E-state index contributed by atoms with van der Waals surface area (Å²) in [7, 11) is 0. The molecule has 0 radical (unpaired) electrons. The van der Waals surface area contributed by atoms with Crippen molar-refractivity contribution in [1.82, 2.24) is 0 Å². The van der Waals surface area contributed by atoms with Crippen molar-refractivity contribution in [3.8, 4) is 0 Å². The summed E-state index contributed by atoms with van der Waals surface area (Å²) >= 11 is 0. The summed E-state index contributed by atoms with van der Waals surface area (Å²) in [5, 5.41) is 0. The molecule has 0 aromatic heterocycles. The van der Waals surface area contributed by atoms with Gasteiger partial charge in [0.2, 0.25) is 0 Å². The fourth-order valence-electron chi connectivity index (χ4n) is 1.90. The van der Waals surface area contributed by atoms with E-state index in [4.69, 9.17) is 0 Å². The second kappa shape index (κ2) is 12.6. The van der Waals surface area contributed by atoms with Gasteiger partial charge in [-0.05, 0) is 39.5 Å². The molecule has 0 aromatic rings. The minimum absolute atomic E-state index is 0.958. The number of rotatable bonds is 0. The van der Waals surface area contributed by atoms with Gasteiger partial charge in [-0.15, -0.1) is 0 Å². The van der Waals surface area contributed by atoms with Gasteiger partial charge in [0.05, 0.1) is 0 Å². The normalized spacial score (nSPS) is 18.1. The first-order valence-electron chi connectivity index (χ1n) is 8.12. The van der Waals surface area contributed by atoms with Gasteiger partial charge in [0.1, 0.15) is 0 Å². The molecule has 22 heavy (non-hydrogen) atoms. The summed E-state index contributed by atoms with van der Waals surface area (Å²) in [6.07, 6.45) is 34.5. The van der Waals surface area contributed by atoms with E-state index in [1.54, 1.807) is 0 Å². The Balaban J connectivity index is 2.67. The molecule has 0 N–H and O–H groups in total. The molecule has 0 unspecified atom stereocenters. The van der Waals surface area contributed by atoms with Gasteiger partial charge in [0.15, 0.2) is 0 Å². The van der Waals surface area contributed by atoms with Crippen molar-refractivity contribution >= 4 is 0 Å². The highest BCUT2D eigenvalue weighted by Crippen LogP contribution is 2.02. The Kier molecular flexibility index (Phi) is 10.3. The van der Waals surface area contributed by atoms with Gasteiger partial charge in [-0.3, -0.25) is 0 Å². The van der Waals surface area contributed by atoms with Crippen LogP contribution in [0.2, 0.25) is 0 Å². The second-order valence-electron chi connectivity index (χ2n) is 5.42. The van der Waals surface area contributed by atoms with Gasteiger partial charge in [-0.1, -0.05) is 96.2 Å². The fourth-order valence-corrected chi connectivity index (χ4v) is 1.90. The van der Waals surface area contributed by atoms with Crippen LogP contribution in [0.15, 0.2) is 96.2 Å². The standard InChI is InChI=1S/C22H28/c1-21-17-13-9-5-3-7-11-15-19-22(2)20-16-12-8-4-6-10-14-18-21/h5,7,9-20H,3-4,6,8H2,1-2H3. The average Bonchev–Trinajstić information content (AvgIpc) is 2.50. The lowest BCUT2D eigenvalue weighted by molar-refractivity contribution is 0.868. The molecule has 1 aliphatic rings. The molecule has 0 aromatic carbocycles. The SMILES string of the molecule is CC1=CC=CCCCC=CC=C(C)C=CC=CCC=CC=C1. The van der Waals surface area contributed by atoms with E-state index < -0.39 is 0 Å². The first-order chi connectivity index (χ1) is 10.8. The van der Waals surface area contributed by atoms with Crippen molar-refractivity contribution in [2.45, 2.75) is 39.5 Å². The molecule has 0 fully saturated rings. The van der Waals surface area contributed by atoms with E-state index in [0.717, 1.165) is 19.3 Å². The van der Waals surface area contributed by atoms with Crippen LogP contribution in [-0.2, 0) is 0 Å². The van der Waals surface area contributed by atoms with Gasteiger partial charge < -0.3 is 0 Å². The van der Waals surface area contributed by atoms with Crippen molar-refractivity contribution in [2.24, 2.45) is 0 Å². The maximum atomic E-state index is 2.24. The van der Waals surface area contributed by atoms with Gasteiger partial charge in [-0.2, -0.15) is 0 Å². The van der Waals surface area contributed by atoms with E-state index in [1.807, 2.05) is 0 Å². The molecule has 1 aliphatic carbocycles. The zero-order chi connectivity index (χ0) is 15.9. The van der Waals surface area contributed by atoms with Crippen molar-refractivity contribution in [3.63, 3.8) is 0 Å². The molecular formula is C22H28. The largest absolute Gasteiger partial charge is 0.0845 e. The summed E-state index contributed by atoms with van der Waals surface area (Å²) in [5.74, 6) is 0. The summed E-state index contributed by atoms with van der Waals surface area (Å²) in [4.78, 5) is 0. The Hall–Kier alpha value is -2.08. The summed E-state index contributed by atoms with van der Waals surface area (Å²) in [6, 6.07) is 0. The van der Waals surface area contributed by atoms with Crippen molar-refractivity contribution < 1.29 is 0 Å². The molecule has 1 rings (SSSR count). The van der Waals surface area contributed by atoms with E-state index in [-0.39, 0.29) is 0 Å². The average molecular weight is 292 g/mol. The zero-order valence-corrected chi connectivity index (χ0v) is 13.9. The summed E-state index contributed by atoms with van der Waals surface area (Å²) < 4.78 is 0. The van der Waals surface area contributed by atoms with E-state index in [9.17, 15) is 0 Å². The van der Waals surface area contributed by atoms with Crippen LogP contribution in [0, 0.1) is 0 Å². The third kappa shape index (κ3) is 10.7. The lowest BCUT2D eigenvalue weighted by Gasteiger charge is -1.91. The molecule has 0 spiro atoms. The molecule has 0 heteroatoms. The predicted molar refractivity (Wildman–Crippen MR) is 101 cm³/mol. The van der Waals surface area contributed by atoms with Gasteiger partial charge in [0.25, 0.3) is 0 Å². The van der Waals surface area contributed by atoms with Crippen LogP contribution in [0.1, 0.15) is 39.5 Å². The first-order valence-corrected chi connectivity index (χ1v) is 8.12. The highest BCUT2D eigenvalue weighted by Gasteiger charge is 1.82. The van der Waals surface area contributed by atoms with E-state index in [0.29, 0.717) is 0 Å². The van der Waals surface area contributed by atoms with Gasteiger partial charge in [0, 0.05) is 0 Å². The third-order valence-electron chi connectivity index (χ3n) is 3.22. The van der Waals surface area contributed by atoms with Crippen LogP contribution in [0.5, 0.6) is 0 Å².